The van der Waals surface area contributed by atoms with Gasteiger partial charge in [0.05, 0.1) is 6.10 Å². The van der Waals surface area contributed by atoms with Crippen molar-refractivity contribution in [2.45, 2.75) is 37.9 Å². The molecule has 0 aromatic heterocycles. The van der Waals surface area contributed by atoms with Gasteiger partial charge < -0.3 is 5.11 Å². The summed E-state index contributed by atoms with van der Waals surface area (Å²) in [6.07, 6.45) is 3.16. The molecule has 1 saturated carbocycles. The molecule has 2 rings (SSSR count). The average molecular weight is 235 g/mol. The Kier molecular flexibility index (Phi) is 4.12. The molecule has 1 aromatic carbocycles. The molecule has 1 aliphatic rings. The Balaban J connectivity index is 1.83. The van der Waals surface area contributed by atoms with Crippen molar-refractivity contribution in [3.8, 4) is 0 Å². The second-order valence-electron chi connectivity index (χ2n) is 4.30. The quantitative estimate of drug-likeness (QED) is 0.781. The van der Waals surface area contributed by atoms with E-state index in [1.807, 2.05) is 6.07 Å². The fourth-order valence-corrected chi connectivity index (χ4v) is 1.99. The minimum atomic E-state index is -1.17. The lowest BCUT2D eigenvalue weighted by atomic mass is 10.1. The summed E-state index contributed by atoms with van der Waals surface area (Å²) < 4.78 is 0. The van der Waals surface area contributed by atoms with Crippen LogP contribution in [0.3, 0.4) is 0 Å². The Morgan fingerprint density at radius 3 is 2.59 bits per heavy atom. The molecule has 1 unspecified atom stereocenters. The summed E-state index contributed by atoms with van der Waals surface area (Å²) in [4.78, 5) is 16.9. The SMILES string of the molecule is O=C(NOC1CCCC1)C(O)c1ccccc1. The van der Waals surface area contributed by atoms with Crippen molar-refractivity contribution in [1.82, 2.24) is 5.48 Å². The van der Waals surface area contributed by atoms with E-state index >= 15 is 0 Å². The summed E-state index contributed by atoms with van der Waals surface area (Å²) in [5.74, 6) is -0.511. The lowest BCUT2D eigenvalue weighted by molar-refractivity contribution is -0.147. The minimum Gasteiger partial charge on any atom is -0.378 e. The third-order valence-electron chi connectivity index (χ3n) is 2.99. The predicted molar refractivity (Wildman–Crippen MR) is 62.9 cm³/mol. The fraction of sp³-hybridized carbons (Fsp3) is 0.462. The number of amides is 1. The number of benzene rings is 1. The van der Waals surface area contributed by atoms with Gasteiger partial charge in [-0.1, -0.05) is 43.2 Å². The first-order chi connectivity index (χ1) is 8.27. The standard InChI is InChI=1S/C13H17NO3/c15-12(10-6-2-1-3-7-10)13(16)14-17-11-8-4-5-9-11/h1-3,6-7,11-12,15H,4-5,8-9H2,(H,14,16). The van der Waals surface area contributed by atoms with Crippen molar-refractivity contribution in [2.75, 3.05) is 0 Å². The molecule has 1 fully saturated rings. The smallest absolute Gasteiger partial charge is 0.276 e. The van der Waals surface area contributed by atoms with Gasteiger partial charge in [-0.15, -0.1) is 0 Å². The van der Waals surface area contributed by atoms with Crippen LogP contribution in [0, 0.1) is 0 Å². The molecule has 1 atom stereocenters. The van der Waals surface area contributed by atoms with E-state index in [-0.39, 0.29) is 6.10 Å². The molecule has 0 heterocycles. The Hall–Kier alpha value is -1.39. The van der Waals surface area contributed by atoms with Gasteiger partial charge >= 0.3 is 0 Å². The molecule has 0 bridgehead atoms. The Labute approximate surface area is 101 Å². The molecule has 0 aliphatic heterocycles. The van der Waals surface area contributed by atoms with Gasteiger partial charge in [0.2, 0.25) is 0 Å². The molecule has 0 saturated heterocycles. The molecule has 0 spiro atoms. The lowest BCUT2D eigenvalue weighted by Gasteiger charge is -2.14. The number of aliphatic hydroxyl groups excluding tert-OH is 1. The van der Waals surface area contributed by atoms with Gasteiger partial charge in [-0.3, -0.25) is 9.63 Å². The van der Waals surface area contributed by atoms with Crippen molar-refractivity contribution in [2.24, 2.45) is 0 Å². The second kappa shape index (κ2) is 5.80. The van der Waals surface area contributed by atoms with Crippen molar-refractivity contribution in [1.29, 1.82) is 0 Å². The van der Waals surface area contributed by atoms with E-state index in [4.69, 9.17) is 4.84 Å². The summed E-state index contributed by atoms with van der Waals surface area (Å²) in [5, 5.41) is 9.77. The van der Waals surface area contributed by atoms with Crippen LogP contribution in [0.5, 0.6) is 0 Å². The Bertz CT molecular complexity index is 360. The zero-order chi connectivity index (χ0) is 12.1. The number of aliphatic hydroxyl groups is 1. The number of rotatable bonds is 4. The van der Waals surface area contributed by atoms with E-state index in [1.54, 1.807) is 24.3 Å². The second-order valence-corrected chi connectivity index (χ2v) is 4.30. The molecule has 1 aliphatic carbocycles. The number of hydrogen-bond donors (Lipinski definition) is 2. The van der Waals surface area contributed by atoms with Crippen molar-refractivity contribution in [3.63, 3.8) is 0 Å². The molecule has 17 heavy (non-hydrogen) atoms. The van der Waals surface area contributed by atoms with Crippen LogP contribution in [0.1, 0.15) is 37.4 Å². The van der Waals surface area contributed by atoms with E-state index in [1.165, 1.54) is 0 Å². The highest BCUT2D eigenvalue weighted by Crippen LogP contribution is 2.20. The average Bonchev–Trinajstić information content (AvgIpc) is 2.89. The zero-order valence-electron chi connectivity index (χ0n) is 9.63. The van der Waals surface area contributed by atoms with Crippen LogP contribution in [-0.4, -0.2) is 17.1 Å². The van der Waals surface area contributed by atoms with E-state index in [0.717, 1.165) is 25.7 Å². The third-order valence-corrected chi connectivity index (χ3v) is 2.99. The van der Waals surface area contributed by atoms with Gasteiger partial charge in [-0.05, 0) is 18.4 Å². The van der Waals surface area contributed by atoms with Crippen molar-refractivity contribution >= 4 is 5.91 Å². The normalized spacial score (nSPS) is 17.9. The Morgan fingerprint density at radius 1 is 1.29 bits per heavy atom. The van der Waals surface area contributed by atoms with Gasteiger partial charge in [-0.25, -0.2) is 5.48 Å². The molecule has 0 radical (unpaired) electrons. The van der Waals surface area contributed by atoms with Crippen LogP contribution in [0.15, 0.2) is 30.3 Å². The van der Waals surface area contributed by atoms with Gasteiger partial charge in [0.1, 0.15) is 0 Å². The highest BCUT2D eigenvalue weighted by atomic mass is 16.7. The number of hydroxylamine groups is 1. The van der Waals surface area contributed by atoms with E-state index in [9.17, 15) is 9.90 Å². The third kappa shape index (κ3) is 3.28. The summed E-state index contributed by atoms with van der Waals surface area (Å²) in [7, 11) is 0. The van der Waals surface area contributed by atoms with Crippen LogP contribution in [0.4, 0.5) is 0 Å². The van der Waals surface area contributed by atoms with Crippen LogP contribution in [0.2, 0.25) is 0 Å². The van der Waals surface area contributed by atoms with Gasteiger partial charge in [0, 0.05) is 0 Å². The molecule has 1 amide bonds. The van der Waals surface area contributed by atoms with Crippen LogP contribution >= 0.6 is 0 Å². The molecule has 92 valence electrons. The summed E-state index contributed by atoms with van der Waals surface area (Å²) in [6.45, 7) is 0. The van der Waals surface area contributed by atoms with Crippen molar-refractivity contribution in [3.05, 3.63) is 35.9 Å². The minimum absolute atomic E-state index is 0.0990. The molecule has 4 heteroatoms. The molecule has 1 aromatic rings. The first-order valence-corrected chi connectivity index (χ1v) is 5.96. The van der Waals surface area contributed by atoms with Crippen LogP contribution in [-0.2, 0) is 9.63 Å². The Morgan fingerprint density at radius 2 is 1.94 bits per heavy atom. The first kappa shape index (κ1) is 12.1. The monoisotopic (exact) mass is 235 g/mol. The summed E-state index contributed by atoms with van der Waals surface area (Å²) in [5.41, 5.74) is 2.90. The number of nitrogens with one attached hydrogen (secondary N) is 1. The highest BCUT2D eigenvalue weighted by molar-refractivity contribution is 5.80. The maximum Gasteiger partial charge on any atom is 0.276 e. The zero-order valence-corrected chi connectivity index (χ0v) is 9.63. The predicted octanol–water partition coefficient (Wildman–Crippen LogP) is 1.71. The first-order valence-electron chi connectivity index (χ1n) is 5.96. The number of carbonyl (C=O) groups excluding carboxylic acids is 1. The van der Waals surface area contributed by atoms with Crippen LogP contribution in [0.25, 0.3) is 0 Å². The highest BCUT2D eigenvalue weighted by Gasteiger charge is 2.20. The largest absolute Gasteiger partial charge is 0.378 e. The molecular weight excluding hydrogens is 218 g/mol. The fourth-order valence-electron chi connectivity index (χ4n) is 1.99. The van der Waals surface area contributed by atoms with E-state index in [0.29, 0.717) is 5.56 Å². The summed E-state index contributed by atoms with van der Waals surface area (Å²) >= 11 is 0. The van der Waals surface area contributed by atoms with Gasteiger partial charge in [0.15, 0.2) is 6.10 Å². The van der Waals surface area contributed by atoms with Crippen LogP contribution < -0.4 is 5.48 Å². The maximum atomic E-state index is 11.6. The van der Waals surface area contributed by atoms with E-state index in [2.05, 4.69) is 5.48 Å². The topological polar surface area (TPSA) is 58.6 Å². The lowest BCUT2D eigenvalue weighted by Crippen LogP contribution is -2.32. The summed E-state index contributed by atoms with van der Waals surface area (Å²) in [6, 6.07) is 8.82. The number of carbonyl (C=O) groups is 1. The van der Waals surface area contributed by atoms with Crippen molar-refractivity contribution < 1.29 is 14.7 Å². The molecular formula is C13H17NO3. The molecule has 4 nitrogen and oxygen atoms in total. The van der Waals surface area contributed by atoms with Gasteiger partial charge in [0.25, 0.3) is 5.91 Å². The van der Waals surface area contributed by atoms with Gasteiger partial charge in [-0.2, -0.15) is 0 Å². The van der Waals surface area contributed by atoms with E-state index < -0.39 is 12.0 Å². The molecule has 2 N–H and O–H groups in total. The number of hydrogen-bond acceptors (Lipinski definition) is 3. The maximum absolute atomic E-state index is 11.6.